The third-order valence-electron chi connectivity index (χ3n) is 5.22. The highest BCUT2D eigenvalue weighted by Gasteiger charge is 2.40. The van der Waals surface area contributed by atoms with E-state index in [1.54, 1.807) is 9.80 Å². The fraction of sp³-hybridized carbons (Fsp3) is 0.632. The number of carbonyl (C=O) groups excluding carboxylic acids is 3. The van der Waals surface area contributed by atoms with E-state index >= 15 is 0 Å². The standard InChI is InChI=1S/C19H27N5O3/c1-19(2,3)24-12-13(10-16(24)25)17(26)22-14-4-8-23(9-5-14)18(27)15-11-20-6-7-21-15/h6-7,11,13-14H,4-5,8-10,12H2,1-3H3,(H,22,26). The number of carbonyl (C=O) groups is 3. The Kier molecular flexibility index (Phi) is 5.43. The number of hydrogen-bond donors (Lipinski definition) is 1. The Hall–Kier alpha value is -2.51. The Balaban J connectivity index is 1.49. The predicted molar refractivity (Wildman–Crippen MR) is 98.7 cm³/mol. The van der Waals surface area contributed by atoms with Gasteiger partial charge in [0.15, 0.2) is 0 Å². The van der Waals surface area contributed by atoms with Crippen LogP contribution in [0.4, 0.5) is 0 Å². The average Bonchev–Trinajstić information content (AvgIpc) is 3.05. The first-order chi connectivity index (χ1) is 12.8. The maximum atomic E-state index is 12.6. The number of hydrogen-bond acceptors (Lipinski definition) is 5. The lowest BCUT2D eigenvalue weighted by Gasteiger charge is -2.33. The topological polar surface area (TPSA) is 95.5 Å². The summed E-state index contributed by atoms with van der Waals surface area (Å²) >= 11 is 0. The van der Waals surface area contributed by atoms with Crippen LogP contribution in [0.5, 0.6) is 0 Å². The van der Waals surface area contributed by atoms with Crippen molar-refractivity contribution in [1.82, 2.24) is 25.1 Å². The number of aromatic nitrogens is 2. The summed E-state index contributed by atoms with van der Waals surface area (Å²) in [5.74, 6) is -0.452. The van der Waals surface area contributed by atoms with Gasteiger partial charge in [0.25, 0.3) is 5.91 Å². The molecule has 2 aliphatic heterocycles. The third kappa shape index (κ3) is 4.43. The lowest BCUT2D eigenvalue weighted by molar-refractivity contribution is -0.132. The van der Waals surface area contributed by atoms with Crippen molar-refractivity contribution in [2.75, 3.05) is 19.6 Å². The van der Waals surface area contributed by atoms with Gasteiger partial charge in [0.05, 0.1) is 12.1 Å². The number of nitrogens with zero attached hydrogens (tertiary/aromatic N) is 4. The number of rotatable bonds is 3. The molecule has 0 saturated carbocycles. The molecule has 146 valence electrons. The van der Waals surface area contributed by atoms with Crippen LogP contribution in [0, 0.1) is 5.92 Å². The minimum Gasteiger partial charge on any atom is -0.353 e. The second-order valence-corrected chi connectivity index (χ2v) is 8.24. The fourth-order valence-electron chi connectivity index (χ4n) is 3.65. The van der Waals surface area contributed by atoms with Gasteiger partial charge in [-0.15, -0.1) is 0 Å². The molecule has 1 N–H and O–H groups in total. The van der Waals surface area contributed by atoms with Gasteiger partial charge in [-0.1, -0.05) is 0 Å². The van der Waals surface area contributed by atoms with Gasteiger partial charge < -0.3 is 15.1 Å². The van der Waals surface area contributed by atoms with Crippen LogP contribution in [-0.2, 0) is 9.59 Å². The second-order valence-electron chi connectivity index (χ2n) is 8.24. The third-order valence-corrected chi connectivity index (χ3v) is 5.22. The van der Waals surface area contributed by atoms with Crippen molar-refractivity contribution < 1.29 is 14.4 Å². The number of nitrogens with one attached hydrogen (secondary N) is 1. The first kappa shape index (κ1) is 19.3. The van der Waals surface area contributed by atoms with Crippen molar-refractivity contribution in [3.8, 4) is 0 Å². The summed E-state index contributed by atoms with van der Waals surface area (Å²) in [7, 11) is 0. The van der Waals surface area contributed by atoms with E-state index < -0.39 is 0 Å². The summed E-state index contributed by atoms with van der Waals surface area (Å²) in [6.07, 6.45) is 6.17. The predicted octanol–water partition coefficient (Wildman–Crippen LogP) is 0.844. The SMILES string of the molecule is CC(C)(C)N1CC(C(=O)NC2CCN(C(=O)c3cnccn3)CC2)CC1=O. The molecular weight excluding hydrogens is 346 g/mol. The fourth-order valence-corrected chi connectivity index (χ4v) is 3.65. The number of likely N-dealkylation sites (tertiary alicyclic amines) is 2. The molecule has 0 bridgehead atoms. The van der Waals surface area contributed by atoms with Crippen LogP contribution in [0.1, 0.15) is 50.5 Å². The van der Waals surface area contributed by atoms with Gasteiger partial charge in [0.2, 0.25) is 11.8 Å². The molecule has 1 unspecified atom stereocenters. The molecule has 1 aromatic heterocycles. The van der Waals surface area contributed by atoms with Crippen LogP contribution in [0.25, 0.3) is 0 Å². The summed E-state index contributed by atoms with van der Waals surface area (Å²) in [6.45, 7) is 7.55. The van der Waals surface area contributed by atoms with Gasteiger partial charge in [-0.2, -0.15) is 0 Å². The average molecular weight is 373 g/mol. The zero-order valence-corrected chi connectivity index (χ0v) is 16.1. The van der Waals surface area contributed by atoms with Gasteiger partial charge in [-0.25, -0.2) is 4.98 Å². The lowest BCUT2D eigenvalue weighted by atomic mass is 10.0. The van der Waals surface area contributed by atoms with E-state index in [1.807, 2.05) is 20.8 Å². The van der Waals surface area contributed by atoms with E-state index in [9.17, 15) is 14.4 Å². The molecule has 1 atom stereocenters. The Labute approximate surface area is 159 Å². The molecule has 2 aliphatic rings. The molecule has 0 spiro atoms. The van der Waals surface area contributed by atoms with E-state index in [1.165, 1.54) is 18.6 Å². The first-order valence-electron chi connectivity index (χ1n) is 9.42. The summed E-state index contributed by atoms with van der Waals surface area (Å²) in [4.78, 5) is 48.6. The minimum atomic E-state index is -0.295. The van der Waals surface area contributed by atoms with Crippen LogP contribution in [0.15, 0.2) is 18.6 Å². The zero-order chi connectivity index (χ0) is 19.6. The van der Waals surface area contributed by atoms with E-state index in [0.29, 0.717) is 38.2 Å². The molecule has 0 aliphatic carbocycles. The summed E-state index contributed by atoms with van der Waals surface area (Å²) in [5, 5.41) is 3.07. The maximum Gasteiger partial charge on any atom is 0.274 e. The van der Waals surface area contributed by atoms with Crippen LogP contribution < -0.4 is 5.32 Å². The van der Waals surface area contributed by atoms with E-state index in [0.717, 1.165) is 0 Å². The Morgan fingerprint density at radius 3 is 2.44 bits per heavy atom. The monoisotopic (exact) mass is 373 g/mol. The molecule has 8 nitrogen and oxygen atoms in total. The molecule has 3 amide bonds. The molecule has 27 heavy (non-hydrogen) atoms. The summed E-state index contributed by atoms with van der Waals surface area (Å²) in [5.41, 5.74) is 0.0738. The molecule has 8 heteroatoms. The van der Waals surface area contributed by atoms with Gasteiger partial charge in [0, 0.05) is 50.0 Å². The normalized spacial score (nSPS) is 21.4. The lowest BCUT2D eigenvalue weighted by Crippen LogP contribution is -2.48. The summed E-state index contributed by atoms with van der Waals surface area (Å²) in [6, 6.07) is 0.0298. The van der Waals surface area contributed by atoms with E-state index in [2.05, 4.69) is 15.3 Å². The number of piperidine rings is 1. The quantitative estimate of drug-likeness (QED) is 0.847. The number of amides is 3. The van der Waals surface area contributed by atoms with Crippen molar-refractivity contribution in [2.24, 2.45) is 5.92 Å². The van der Waals surface area contributed by atoms with Crippen LogP contribution in [-0.4, -0.2) is 68.7 Å². The molecule has 0 aromatic carbocycles. The summed E-state index contributed by atoms with van der Waals surface area (Å²) < 4.78 is 0. The van der Waals surface area contributed by atoms with E-state index in [4.69, 9.17) is 0 Å². The minimum absolute atomic E-state index is 0.0298. The van der Waals surface area contributed by atoms with Crippen molar-refractivity contribution in [2.45, 2.75) is 51.6 Å². The molecule has 2 fully saturated rings. The van der Waals surface area contributed by atoms with E-state index in [-0.39, 0.29) is 41.6 Å². The molecular formula is C19H27N5O3. The Morgan fingerprint density at radius 1 is 1.19 bits per heavy atom. The Morgan fingerprint density at radius 2 is 1.89 bits per heavy atom. The van der Waals surface area contributed by atoms with Gasteiger partial charge in [-0.3, -0.25) is 19.4 Å². The van der Waals surface area contributed by atoms with Crippen molar-refractivity contribution >= 4 is 17.7 Å². The maximum absolute atomic E-state index is 12.6. The highest BCUT2D eigenvalue weighted by Crippen LogP contribution is 2.26. The van der Waals surface area contributed by atoms with Crippen molar-refractivity contribution in [3.63, 3.8) is 0 Å². The zero-order valence-electron chi connectivity index (χ0n) is 16.1. The Bertz CT molecular complexity index is 708. The van der Waals surface area contributed by atoms with Crippen LogP contribution >= 0.6 is 0 Å². The molecule has 3 heterocycles. The first-order valence-corrected chi connectivity index (χ1v) is 9.42. The van der Waals surface area contributed by atoms with Crippen molar-refractivity contribution in [3.05, 3.63) is 24.3 Å². The molecule has 2 saturated heterocycles. The molecule has 3 rings (SSSR count). The van der Waals surface area contributed by atoms with Crippen molar-refractivity contribution in [1.29, 1.82) is 0 Å². The highest BCUT2D eigenvalue weighted by atomic mass is 16.2. The van der Waals surface area contributed by atoms with Gasteiger partial charge in [-0.05, 0) is 33.6 Å². The van der Waals surface area contributed by atoms with Crippen LogP contribution in [0.2, 0.25) is 0 Å². The van der Waals surface area contributed by atoms with Gasteiger partial charge in [0.1, 0.15) is 5.69 Å². The second kappa shape index (κ2) is 7.62. The van der Waals surface area contributed by atoms with Gasteiger partial charge >= 0.3 is 0 Å². The largest absolute Gasteiger partial charge is 0.353 e. The smallest absolute Gasteiger partial charge is 0.274 e. The molecule has 1 aromatic rings. The van der Waals surface area contributed by atoms with Crippen LogP contribution in [0.3, 0.4) is 0 Å². The highest BCUT2D eigenvalue weighted by molar-refractivity contribution is 5.92. The molecule has 0 radical (unpaired) electrons.